The quantitative estimate of drug-likeness (QED) is 0.749. The first-order valence-electron chi connectivity index (χ1n) is 6.19. The largest absolute Gasteiger partial charge is 0.396 e. The molecule has 0 aliphatic heterocycles. The van der Waals surface area contributed by atoms with Gasteiger partial charge in [-0.2, -0.15) is 0 Å². The van der Waals surface area contributed by atoms with Gasteiger partial charge in [0.25, 0.3) is 0 Å². The molecule has 0 saturated heterocycles. The summed E-state index contributed by atoms with van der Waals surface area (Å²) in [6, 6.07) is 8.49. The number of hydrogen-bond acceptors (Lipinski definition) is 2. The molecule has 0 radical (unpaired) electrons. The molecule has 1 heterocycles. The Hall–Kier alpha value is -1.32. The zero-order chi connectivity index (χ0) is 12.1. The number of rotatable bonds is 6. The van der Waals surface area contributed by atoms with Crippen LogP contribution in [0.4, 0.5) is 0 Å². The lowest BCUT2D eigenvalue weighted by molar-refractivity contribution is 0.281. The average Bonchev–Trinajstić information content (AvgIpc) is 2.70. The molecular weight excluding hydrogens is 212 g/mol. The monoisotopic (exact) mass is 232 g/mol. The zero-order valence-electron chi connectivity index (χ0n) is 10.3. The van der Waals surface area contributed by atoms with E-state index in [1.165, 1.54) is 16.5 Å². The highest BCUT2D eigenvalue weighted by molar-refractivity contribution is 5.83. The lowest BCUT2D eigenvalue weighted by Gasteiger charge is -2.03. The highest BCUT2D eigenvalue weighted by Gasteiger charge is 2.06. The molecule has 1 aromatic carbocycles. The van der Waals surface area contributed by atoms with Gasteiger partial charge in [0.2, 0.25) is 0 Å². The summed E-state index contributed by atoms with van der Waals surface area (Å²) in [6.07, 6.45) is 4.11. The number of fused-ring (bicyclic) bond motifs is 1. The fourth-order valence-corrected chi connectivity index (χ4v) is 2.23. The Bertz CT molecular complexity index is 476. The first-order chi connectivity index (χ1) is 8.36. The summed E-state index contributed by atoms with van der Waals surface area (Å²) in [5.74, 6) is 0. The van der Waals surface area contributed by atoms with Crippen LogP contribution in [0.5, 0.6) is 0 Å². The van der Waals surface area contributed by atoms with Crippen LogP contribution in [0.15, 0.2) is 30.5 Å². The van der Waals surface area contributed by atoms with E-state index in [0.29, 0.717) is 0 Å². The van der Waals surface area contributed by atoms with E-state index < -0.39 is 0 Å². The van der Waals surface area contributed by atoms with Crippen LogP contribution in [-0.2, 0) is 13.1 Å². The summed E-state index contributed by atoms with van der Waals surface area (Å²) in [4.78, 5) is 0. The molecule has 0 saturated carbocycles. The van der Waals surface area contributed by atoms with E-state index >= 15 is 0 Å². The Kier molecular flexibility index (Phi) is 4.18. The van der Waals surface area contributed by atoms with Gasteiger partial charge in [-0.15, -0.1) is 0 Å². The molecule has 17 heavy (non-hydrogen) atoms. The highest BCUT2D eigenvalue weighted by atomic mass is 16.2. The molecule has 0 bridgehead atoms. The van der Waals surface area contributed by atoms with Gasteiger partial charge in [0, 0.05) is 36.8 Å². The second-order valence-electron chi connectivity index (χ2n) is 4.33. The van der Waals surface area contributed by atoms with E-state index in [4.69, 9.17) is 5.11 Å². The topological polar surface area (TPSA) is 37.2 Å². The van der Waals surface area contributed by atoms with Crippen molar-refractivity contribution in [2.24, 2.45) is 0 Å². The van der Waals surface area contributed by atoms with E-state index in [0.717, 1.165) is 25.9 Å². The molecule has 0 amide bonds. The summed E-state index contributed by atoms with van der Waals surface area (Å²) in [6.45, 7) is 2.15. The third-order valence-corrected chi connectivity index (χ3v) is 3.05. The Balaban J connectivity index is 2.28. The minimum absolute atomic E-state index is 0.280. The van der Waals surface area contributed by atoms with Crippen molar-refractivity contribution >= 4 is 10.9 Å². The number of para-hydroxylation sites is 1. The van der Waals surface area contributed by atoms with Crippen molar-refractivity contribution in [3.8, 4) is 0 Å². The lowest BCUT2D eigenvalue weighted by atomic mass is 10.2. The van der Waals surface area contributed by atoms with Gasteiger partial charge in [-0.25, -0.2) is 0 Å². The van der Waals surface area contributed by atoms with Crippen LogP contribution in [0.25, 0.3) is 10.9 Å². The SMILES string of the molecule is CNCc1cn(CCCCO)c2ccccc12. The van der Waals surface area contributed by atoms with Crippen LogP contribution < -0.4 is 5.32 Å². The first-order valence-corrected chi connectivity index (χ1v) is 6.19. The number of nitrogens with one attached hydrogen (secondary N) is 1. The summed E-state index contributed by atoms with van der Waals surface area (Å²) in [7, 11) is 1.97. The molecule has 2 N–H and O–H groups in total. The normalized spacial score (nSPS) is 11.2. The molecule has 0 aliphatic carbocycles. The predicted octanol–water partition coefficient (Wildman–Crippen LogP) is 2.13. The van der Waals surface area contributed by atoms with Gasteiger partial charge in [-0.1, -0.05) is 18.2 Å². The maximum Gasteiger partial charge on any atom is 0.0483 e. The second-order valence-corrected chi connectivity index (χ2v) is 4.33. The molecular formula is C14H20N2O. The molecule has 92 valence electrons. The maximum absolute atomic E-state index is 8.83. The molecule has 0 spiro atoms. The molecule has 2 rings (SSSR count). The number of aliphatic hydroxyl groups excluding tert-OH is 1. The molecule has 1 aromatic heterocycles. The second kappa shape index (κ2) is 5.84. The van der Waals surface area contributed by atoms with Gasteiger partial charge in [0.05, 0.1) is 0 Å². The smallest absolute Gasteiger partial charge is 0.0483 e. The fourth-order valence-electron chi connectivity index (χ4n) is 2.23. The van der Waals surface area contributed by atoms with Crippen molar-refractivity contribution in [1.29, 1.82) is 0 Å². The van der Waals surface area contributed by atoms with Crippen LogP contribution in [0.1, 0.15) is 18.4 Å². The maximum atomic E-state index is 8.83. The third-order valence-electron chi connectivity index (χ3n) is 3.05. The van der Waals surface area contributed by atoms with Gasteiger partial charge in [0.15, 0.2) is 0 Å². The average molecular weight is 232 g/mol. The minimum atomic E-state index is 0.280. The Morgan fingerprint density at radius 1 is 1.24 bits per heavy atom. The first kappa shape index (κ1) is 12.1. The Morgan fingerprint density at radius 2 is 2.06 bits per heavy atom. The zero-order valence-corrected chi connectivity index (χ0v) is 10.3. The minimum Gasteiger partial charge on any atom is -0.396 e. The number of nitrogens with zero attached hydrogens (tertiary/aromatic N) is 1. The number of benzene rings is 1. The van der Waals surface area contributed by atoms with Gasteiger partial charge in [0.1, 0.15) is 0 Å². The summed E-state index contributed by atoms with van der Waals surface area (Å²) < 4.78 is 2.29. The molecule has 0 atom stereocenters. The van der Waals surface area contributed by atoms with Crippen LogP contribution in [-0.4, -0.2) is 23.3 Å². The summed E-state index contributed by atoms with van der Waals surface area (Å²) in [5, 5.41) is 13.4. The number of aryl methyl sites for hydroxylation is 1. The van der Waals surface area contributed by atoms with Crippen LogP contribution in [0.2, 0.25) is 0 Å². The standard InChI is InChI=1S/C14H20N2O/c1-15-10-12-11-16(8-4-5-9-17)14-7-3-2-6-13(12)14/h2-3,6-7,11,15,17H,4-5,8-10H2,1H3. The van der Waals surface area contributed by atoms with Crippen molar-refractivity contribution in [2.75, 3.05) is 13.7 Å². The number of aliphatic hydroxyl groups is 1. The molecule has 2 aromatic rings. The van der Waals surface area contributed by atoms with Gasteiger partial charge in [-0.05, 0) is 31.5 Å². The molecule has 3 heteroatoms. The van der Waals surface area contributed by atoms with Crippen molar-refractivity contribution in [3.63, 3.8) is 0 Å². The van der Waals surface area contributed by atoms with E-state index in [1.54, 1.807) is 0 Å². The fraction of sp³-hybridized carbons (Fsp3) is 0.429. The summed E-state index contributed by atoms with van der Waals surface area (Å²) in [5.41, 5.74) is 2.63. The molecule has 0 fully saturated rings. The number of unbranched alkanes of at least 4 members (excludes halogenated alkanes) is 1. The van der Waals surface area contributed by atoms with Crippen molar-refractivity contribution < 1.29 is 5.11 Å². The van der Waals surface area contributed by atoms with Crippen LogP contribution in [0, 0.1) is 0 Å². The van der Waals surface area contributed by atoms with Crippen molar-refractivity contribution in [2.45, 2.75) is 25.9 Å². The van der Waals surface area contributed by atoms with E-state index in [9.17, 15) is 0 Å². The van der Waals surface area contributed by atoms with Crippen molar-refractivity contribution in [1.82, 2.24) is 9.88 Å². The Morgan fingerprint density at radius 3 is 2.82 bits per heavy atom. The predicted molar refractivity (Wildman–Crippen MR) is 71.0 cm³/mol. The van der Waals surface area contributed by atoms with Gasteiger partial charge >= 0.3 is 0 Å². The Labute approximate surface area is 102 Å². The van der Waals surface area contributed by atoms with Crippen molar-refractivity contribution in [3.05, 3.63) is 36.0 Å². The molecule has 3 nitrogen and oxygen atoms in total. The van der Waals surface area contributed by atoms with E-state index in [1.807, 2.05) is 7.05 Å². The number of aromatic nitrogens is 1. The van der Waals surface area contributed by atoms with Crippen LogP contribution in [0.3, 0.4) is 0 Å². The number of hydrogen-bond donors (Lipinski definition) is 2. The molecule has 0 aliphatic rings. The van der Waals surface area contributed by atoms with Gasteiger partial charge < -0.3 is 15.0 Å². The van der Waals surface area contributed by atoms with E-state index in [-0.39, 0.29) is 6.61 Å². The molecule has 0 unspecified atom stereocenters. The highest BCUT2D eigenvalue weighted by Crippen LogP contribution is 2.21. The third kappa shape index (κ3) is 2.68. The summed E-state index contributed by atoms with van der Waals surface area (Å²) >= 11 is 0. The van der Waals surface area contributed by atoms with Gasteiger partial charge in [-0.3, -0.25) is 0 Å². The lowest BCUT2D eigenvalue weighted by Crippen LogP contribution is -2.04. The van der Waals surface area contributed by atoms with Crippen LogP contribution >= 0.6 is 0 Å². The van der Waals surface area contributed by atoms with E-state index in [2.05, 4.69) is 40.3 Å².